The van der Waals surface area contributed by atoms with E-state index in [1.54, 1.807) is 29.5 Å². The van der Waals surface area contributed by atoms with Crippen molar-refractivity contribution in [3.63, 3.8) is 0 Å². The predicted molar refractivity (Wildman–Crippen MR) is 119 cm³/mol. The van der Waals surface area contributed by atoms with E-state index in [9.17, 15) is 14.4 Å². The van der Waals surface area contributed by atoms with Crippen molar-refractivity contribution >= 4 is 39.3 Å². The molecule has 0 radical (unpaired) electrons. The Morgan fingerprint density at radius 3 is 2.74 bits per heavy atom. The summed E-state index contributed by atoms with van der Waals surface area (Å²) in [5.41, 5.74) is 2.13. The molecular weight excluding hydrogens is 410 g/mol. The molecule has 0 bridgehead atoms. The molecule has 5 rings (SSSR count). The zero-order chi connectivity index (χ0) is 21.5. The number of imide groups is 1. The first-order valence-electron chi connectivity index (χ1n) is 10.7. The molecular formula is C24H23N3O3S. The van der Waals surface area contributed by atoms with Crippen molar-refractivity contribution < 1.29 is 14.4 Å². The Bertz CT molecular complexity index is 1170. The second-order valence-corrected chi connectivity index (χ2v) is 9.11. The van der Waals surface area contributed by atoms with Gasteiger partial charge in [0.05, 0.1) is 27.4 Å². The van der Waals surface area contributed by atoms with E-state index < -0.39 is 0 Å². The molecule has 1 atom stereocenters. The van der Waals surface area contributed by atoms with Gasteiger partial charge in [0.15, 0.2) is 0 Å². The molecule has 1 aromatic heterocycles. The number of nitrogens with zero attached hydrogens (tertiary/aromatic N) is 3. The molecule has 3 aromatic rings. The topological polar surface area (TPSA) is 70.6 Å². The summed E-state index contributed by atoms with van der Waals surface area (Å²) in [5, 5.41) is 0.949. The SMILES string of the molecule is CCCCN1C(=O)c2ccc(C(=O)N3CCCC3c3nc4ccccc4s3)cc2C1=O. The molecule has 6 nitrogen and oxygen atoms in total. The number of likely N-dealkylation sites (tertiary alicyclic amines) is 1. The Morgan fingerprint density at radius 2 is 1.94 bits per heavy atom. The molecule has 31 heavy (non-hydrogen) atoms. The summed E-state index contributed by atoms with van der Waals surface area (Å²) in [7, 11) is 0. The Labute approximate surface area is 184 Å². The van der Waals surface area contributed by atoms with Crippen LogP contribution in [0.25, 0.3) is 10.2 Å². The molecule has 1 fully saturated rings. The highest BCUT2D eigenvalue weighted by Gasteiger charge is 2.37. The number of rotatable bonds is 5. The van der Waals surface area contributed by atoms with E-state index in [-0.39, 0.29) is 23.8 Å². The van der Waals surface area contributed by atoms with Crippen LogP contribution in [0.3, 0.4) is 0 Å². The number of benzene rings is 2. The number of amides is 3. The van der Waals surface area contributed by atoms with Gasteiger partial charge in [-0.2, -0.15) is 0 Å². The number of hydrogen-bond acceptors (Lipinski definition) is 5. The maximum absolute atomic E-state index is 13.4. The van der Waals surface area contributed by atoms with E-state index in [4.69, 9.17) is 4.98 Å². The quantitative estimate of drug-likeness (QED) is 0.548. The number of aromatic nitrogens is 1. The Kier molecular flexibility index (Phi) is 5.06. The van der Waals surface area contributed by atoms with E-state index >= 15 is 0 Å². The fraction of sp³-hybridized carbons (Fsp3) is 0.333. The van der Waals surface area contributed by atoms with Gasteiger partial charge in [-0.3, -0.25) is 19.3 Å². The number of carbonyl (C=O) groups excluding carboxylic acids is 3. The van der Waals surface area contributed by atoms with Gasteiger partial charge in [0.2, 0.25) is 0 Å². The Hall–Kier alpha value is -3.06. The number of fused-ring (bicyclic) bond motifs is 2. The lowest BCUT2D eigenvalue weighted by molar-refractivity contribution is 0.0651. The summed E-state index contributed by atoms with van der Waals surface area (Å²) >= 11 is 1.63. The summed E-state index contributed by atoms with van der Waals surface area (Å²) in [6, 6.07) is 12.8. The van der Waals surface area contributed by atoms with Crippen LogP contribution in [0.4, 0.5) is 0 Å². The number of thiazole rings is 1. The highest BCUT2D eigenvalue weighted by Crippen LogP contribution is 2.37. The maximum atomic E-state index is 13.4. The minimum absolute atomic E-state index is 0.0588. The lowest BCUT2D eigenvalue weighted by atomic mass is 10.0. The first-order chi connectivity index (χ1) is 15.1. The average Bonchev–Trinajstić information content (AvgIpc) is 3.49. The summed E-state index contributed by atoms with van der Waals surface area (Å²) in [5.74, 6) is -0.676. The molecule has 0 spiro atoms. The van der Waals surface area contributed by atoms with Crippen molar-refractivity contribution in [1.82, 2.24) is 14.8 Å². The van der Waals surface area contributed by atoms with E-state index in [0.29, 0.717) is 29.8 Å². The summed E-state index contributed by atoms with van der Waals surface area (Å²) in [6.45, 7) is 3.09. The monoisotopic (exact) mass is 433 g/mol. The van der Waals surface area contributed by atoms with Crippen molar-refractivity contribution in [1.29, 1.82) is 0 Å². The average molecular weight is 434 g/mol. The normalized spacial score (nSPS) is 18.3. The molecule has 3 heterocycles. The van der Waals surface area contributed by atoms with Gasteiger partial charge in [-0.25, -0.2) is 4.98 Å². The zero-order valence-corrected chi connectivity index (χ0v) is 18.2. The lowest BCUT2D eigenvalue weighted by Crippen LogP contribution is -2.31. The van der Waals surface area contributed by atoms with E-state index in [0.717, 1.165) is 40.9 Å². The fourth-order valence-corrected chi connectivity index (χ4v) is 5.52. The second-order valence-electron chi connectivity index (χ2n) is 8.05. The minimum Gasteiger partial charge on any atom is -0.329 e. The van der Waals surface area contributed by atoms with Gasteiger partial charge in [-0.15, -0.1) is 11.3 Å². The van der Waals surface area contributed by atoms with Crippen LogP contribution in [0.5, 0.6) is 0 Å². The number of para-hydroxylation sites is 1. The van der Waals surface area contributed by atoms with Gasteiger partial charge in [-0.1, -0.05) is 25.5 Å². The molecule has 3 amide bonds. The molecule has 7 heteroatoms. The lowest BCUT2D eigenvalue weighted by Gasteiger charge is -2.23. The molecule has 0 aliphatic carbocycles. The number of hydrogen-bond donors (Lipinski definition) is 0. The van der Waals surface area contributed by atoms with E-state index in [1.165, 1.54) is 4.90 Å². The number of unbranched alkanes of at least 4 members (excludes halogenated alkanes) is 1. The smallest absolute Gasteiger partial charge is 0.261 e. The van der Waals surface area contributed by atoms with Crippen LogP contribution in [-0.4, -0.2) is 45.6 Å². The molecule has 2 aromatic carbocycles. The van der Waals surface area contributed by atoms with Crippen LogP contribution in [0.15, 0.2) is 42.5 Å². The van der Waals surface area contributed by atoms with Gasteiger partial charge in [-0.05, 0) is 49.6 Å². The van der Waals surface area contributed by atoms with Crippen LogP contribution < -0.4 is 0 Å². The standard InChI is InChI=1S/C24H23N3O3S/c1-2-3-12-27-23(29)16-11-10-15(14-17(16)24(27)30)22(28)26-13-6-8-19(26)21-25-18-7-4-5-9-20(18)31-21/h4-5,7,9-11,14,19H,2-3,6,8,12-13H2,1H3. The molecule has 2 aliphatic rings. The molecule has 0 N–H and O–H groups in total. The highest BCUT2D eigenvalue weighted by molar-refractivity contribution is 7.18. The number of carbonyl (C=O) groups is 3. The van der Waals surface area contributed by atoms with Crippen molar-refractivity contribution in [2.24, 2.45) is 0 Å². The van der Waals surface area contributed by atoms with Crippen molar-refractivity contribution in [3.05, 3.63) is 64.2 Å². The Balaban J connectivity index is 1.42. The predicted octanol–water partition coefficient (Wildman–Crippen LogP) is 4.67. The maximum Gasteiger partial charge on any atom is 0.261 e. The molecule has 1 unspecified atom stereocenters. The highest BCUT2D eigenvalue weighted by atomic mass is 32.1. The van der Waals surface area contributed by atoms with Gasteiger partial charge >= 0.3 is 0 Å². The van der Waals surface area contributed by atoms with Gasteiger partial charge in [0, 0.05) is 18.7 Å². The minimum atomic E-state index is -0.299. The Morgan fingerprint density at radius 1 is 1.13 bits per heavy atom. The van der Waals surface area contributed by atoms with Gasteiger partial charge in [0.1, 0.15) is 5.01 Å². The second kappa shape index (κ2) is 7.89. The van der Waals surface area contributed by atoms with E-state index in [2.05, 4.69) is 0 Å². The molecule has 0 saturated carbocycles. The first kappa shape index (κ1) is 19.9. The largest absolute Gasteiger partial charge is 0.329 e. The van der Waals surface area contributed by atoms with Crippen LogP contribution in [0, 0.1) is 0 Å². The molecule has 1 saturated heterocycles. The van der Waals surface area contributed by atoms with Gasteiger partial charge in [0.25, 0.3) is 17.7 Å². The van der Waals surface area contributed by atoms with Crippen molar-refractivity contribution in [2.45, 2.75) is 38.6 Å². The zero-order valence-electron chi connectivity index (χ0n) is 17.3. The summed E-state index contributed by atoms with van der Waals surface area (Å²) in [4.78, 5) is 46.6. The van der Waals surface area contributed by atoms with Gasteiger partial charge < -0.3 is 4.90 Å². The van der Waals surface area contributed by atoms with Crippen molar-refractivity contribution in [3.8, 4) is 0 Å². The van der Waals surface area contributed by atoms with Crippen LogP contribution >= 0.6 is 11.3 Å². The first-order valence-corrected chi connectivity index (χ1v) is 11.6. The van der Waals surface area contributed by atoms with Crippen LogP contribution in [-0.2, 0) is 0 Å². The molecule has 158 valence electrons. The van der Waals surface area contributed by atoms with Crippen LogP contribution in [0.2, 0.25) is 0 Å². The van der Waals surface area contributed by atoms with E-state index in [1.807, 2.05) is 36.1 Å². The third-order valence-corrected chi connectivity index (χ3v) is 7.20. The summed E-state index contributed by atoms with van der Waals surface area (Å²) in [6.07, 6.45) is 3.46. The summed E-state index contributed by atoms with van der Waals surface area (Å²) < 4.78 is 1.12. The van der Waals surface area contributed by atoms with Crippen LogP contribution in [0.1, 0.15) is 74.7 Å². The fourth-order valence-electron chi connectivity index (χ4n) is 4.41. The van der Waals surface area contributed by atoms with Crippen molar-refractivity contribution in [2.75, 3.05) is 13.1 Å². The molecule has 2 aliphatic heterocycles. The third kappa shape index (κ3) is 3.33. The third-order valence-electron chi connectivity index (χ3n) is 6.06.